The monoisotopic (exact) mass is 281 g/mol. The number of hydrogen-bond acceptors (Lipinski definition) is 4. The van der Waals surface area contributed by atoms with E-state index in [-0.39, 0.29) is 30.5 Å². The number of nitrogens with two attached hydrogens (primary N) is 1. The van der Waals surface area contributed by atoms with Crippen LogP contribution < -0.4 is 11.1 Å². The summed E-state index contributed by atoms with van der Waals surface area (Å²) in [7, 11) is 0. The van der Waals surface area contributed by atoms with Crippen molar-refractivity contribution in [1.82, 2.24) is 4.90 Å². The summed E-state index contributed by atoms with van der Waals surface area (Å²) in [6.07, 6.45) is 0.0355. The van der Waals surface area contributed by atoms with E-state index < -0.39 is 0 Å². The van der Waals surface area contributed by atoms with E-state index >= 15 is 0 Å². The number of nitrogens with zero attached hydrogens (tertiary/aromatic N) is 1. The van der Waals surface area contributed by atoms with Crippen LogP contribution in [0.2, 0.25) is 0 Å². The zero-order valence-electron chi connectivity index (χ0n) is 11.5. The summed E-state index contributed by atoms with van der Waals surface area (Å²) in [5.74, 6) is -0.447. The highest BCUT2D eigenvalue weighted by molar-refractivity contribution is 5.92. The second kappa shape index (κ2) is 6.78. The van der Waals surface area contributed by atoms with Crippen molar-refractivity contribution in [2.75, 3.05) is 31.5 Å². The number of carbonyl (C=O) groups excluding carboxylic acids is 1. The molecular formula is C14H20FN3O2. The molecular weight excluding hydrogens is 261 g/mol. The molecule has 0 aliphatic carbocycles. The van der Waals surface area contributed by atoms with E-state index in [1.807, 2.05) is 11.8 Å². The van der Waals surface area contributed by atoms with Crippen molar-refractivity contribution < 1.29 is 13.9 Å². The van der Waals surface area contributed by atoms with Gasteiger partial charge in [-0.3, -0.25) is 9.69 Å². The Morgan fingerprint density at radius 1 is 1.45 bits per heavy atom. The van der Waals surface area contributed by atoms with Gasteiger partial charge in [-0.15, -0.1) is 0 Å². The summed E-state index contributed by atoms with van der Waals surface area (Å²) in [6, 6.07) is 5.71. The first-order valence-corrected chi connectivity index (χ1v) is 6.70. The number of carbonyl (C=O) groups is 1. The number of amides is 1. The molecule has 0 spiro atoms. The maximum absolute atomic E-state index is 12.8. The maximum Gasteiger partial charge on any atom is 0.238 e. The molecule has 1 aliphatic heterocycles. The Morgan fingerprint density at radius 2 is 2.15 bits per heavy atom. The van der Waals surface area contributed by atoms with Crippen molar-refractivity contribution in [3.05, 3.63) is 30.1 Å². The van der Waals surface area contributed by atoms with Gasteiger partial charge in [-0.25, -0.2) is 4.39 Å². The summed E-state index contributed by atoms with van der Waals surface area (Å²) >= 11 is 0. The van der Waals surface area contributed by atoms with Crippen molar-refractivity contribution in [2.24, 2.45) is 5.73 Å². The summed E-state index contributed by atoms with van der Waals surface area (Å²) < 4.78 is 18.4. The van der Waals surface area contributed by atoms with Crippen molar-refractivity contribution in [1.29, 1.82) is 0 Å². The highest BCUT2D eigenvalue weighted by Crippen LogP contribution is 2.11. The molecule has 2 rings (SSSR count). The topological polar surface area (TPSA) is 67.6 Å². The van der Waals surface area contributed by atoms with Crippen molar-refractivity contribution >= 4 is 11.6 Å². The van der Waals surface area contributed by atoms with Gasteiger partial charge in [0.15, 0.2) is 0 Å². The fourth-order valence-corrected chi connectivity index (χ4v) is 2.34. The Labute approximate surface area is 117 Å². The predicted molar refractivity (Wildman–Crippen MR) is 74.9 cm³/mol. The zero-order chi connectivity index (χ0) is 14.5. The third kappa shape index (κ3) is 4.26. The number of hydrogen-bond donors (Lipinski definition) is 2. The lowest BCUT2D eigenvalue weighted by molar-refractivity contribution is -0.121. The largest absolute Gasteiger partial charge is 0.371 e. The fourth-order valence-electron chi connectivity index (χ4n) is 2.34. The van der Waals surface area contributed by atoms with Gasteiger partial charge in [-0.2, -0.15) is 0 Å². The van der Waals surface area contributed by atoms with Crippen LogP contribution in [0.25, 0.3) is 0 Å². The first-order valence-electron chi connectivity index (χ1n) is 6.70. The number of anilines is 1. The Balaban J connectivity index is 1.86. The molecule has 0 saturated carbocycles. The molecule has 110 valence electrons. The zero-order valence-corrected chi connectivity index (χ0v) is 11.5. The van der Waals surface area contributed by atoms with Crippen LogP contribution in [0.15, 0.2) is 24.3 Å². The van der Waals surface area contributed by atoms with E-state index in [0.29, 0.717) is 25.3 Å². The minimum atomic E-state index is -0.323. The molecule has 2 unspecified atom stereocenters. The molecule has 6 heteroatoms. The van der Waals surface area contributed by atoms with Crippen LogP contribution >= 0.6 is 0 Å². The first kappa shape index (κ1) is 14.9. The minimum Gasteiger partial charge on any atom is -0.371 e. The van der Waals surface area contributed by atoms with Crippen LogP contribution in [0.4, 0.5) is 10.1 Å². The molecule has 1 heterocycles. The van der Waals surface area contributed by atoms with E-state index in [4.69, 9.17) is 10.5 Å². The first-order chi connectivity index (χ1) is 9.56. The molecule has 2 atom stereocenters. The third-order valence-electron chi connectivity index (χ3n) is 3.16. The minimum absolute atomic E-state index is 0.0302. The molecule has 1 aromatic rings. The lowest BCUT2D eigenvalue weighted by Crippen LogP contribution is -2.51. The second-order valence-electron chi connectivity index (χ2n) is 5.05. The van der Waals surface area contributed by atoms with E-state index in [2.05, 4.69) is 5.32 Å². The molecule has 20 heavy (non-hydrogen) atoms. The number of morpholine rings is 1. The van der Waals surface area contributed by atoms with Gasteiger partial charge in [0.1, 0.15) is 5.82 Å². The molecule has 1 amide bonds. The maximum atomic E-state index is 12.8. The molecule has 0 bridgehead atoms. The van der Waals surface area contributed by atoms with E-state index in [9.17, 15) is 9.18 Å². The van der Waals surface area contributed by atoms with Gasteiger partial charge in [-0.1, -0.05) is 0 Å². The number of nitrogens with one attached hydrogen (secondary N) is 1. The Kier molecular flexibility index (Phi) is 5.05. The predicted octanol–water partition coefficient (Wildman–Crippen LogP) is 0.812. The summed E-state index contributed by atoms with van der Waals surface area (Å²) in [4.78, 5) is 14.0. The van der Waals surface area contributed by atoms with E-state index in [1.165, 1.54) is 24.3 Å². The molecule has 0 aromatic heterocycles. The van der Waals surface area contributed by atoms with Gasteiger partial charge >= 0.3 is 0 Å². The van der Waals surface area contributed by atoms with Crippen LogP contribution in [0, 0.1) is 5.82 Å². The second-order valence-corrected chi connectivity index (χ2v) is 5.05. The fraction of sp³-hybridized carbons (Fsp3) is 0.500. The molecule has 1 aromatic carbocycles. The number of benzene rings is 1. The Bertz CT molecular complexity index is 452. The molecule has 1 aliphatic rings. The van der Waals surface area contributed by atoms with Crippen LogP contribution in [0.3, 0.4) is 0 Å². The van der Waals surface area contributed by atoms with Crippen molar-refractivity contribution in [2.45, 2.75) is 19.1 Å². The molecule has 0 radical (unpaired) electrons. The number of halogens is 1. The SMILES string of the molecule is CC1CN(CC(=O)Nc2ccc(F)cc2)CC(CN)O1. The summed E-state index contributed by atoms with van der Waals surface area (Å²) in [5.41, 5.74) is 6.20. The highest BCUT2D eigenvalue weighted by atomic mass is 19.1. The third-order valence-corrected chi connectivity index (χ3v) is 3.16. The average Bonchev–Trinajstić information content (AvgIpc) is 2.40. The summed E-state index contributed by atoms with van der Waals surface area (Å²) in [6.45, 7) is 4.04. The lowest BCUT2D eigenvalue weighted by Gasteiger charge is -2.35. The van der Waals surface area contributed by atoms with Gasteiger partial charge < -0.3 is 15.8 Å². The number of rotatable bonds is 4. The molecule has 5 nitrogen and oxygen atoms in total. The molecule has 1 saturated heterocycles. The Morgan fingerprint density at radius 3 is 2.80 bits per heavy atom. The van der Waals surface area contributed by atoms with Gasteiger partial charge in [0.2, 0.25) is 5.91 Å². The van der Waals surface area contributed by atoms with E-state index in [0.717, 1.165) is 0 Å². The average molecular weight is 281 g/mol. The normalized spacial score (nSPS) is 23.6. The van der Waals surface area contributed by atoms with Gasteiger partial charge in [0.25, 0.3) is 0 Å². The van der Waals surface area contributed by atoms with Gasteiger partial charge in [-0.05, 0) is 31.2 Å². The van der Waals surface area contributed by atoms with Crippen LogP contribution in [-0.4, -0.2) is 49.2 Å². The van der Waals surface area contributed by atoms with E-state index in [1.54, 1.807) is 0 Å². The van der Waals surface area contributed by atoms with Crippen molar-refractivity contribution in [3.8, 4) is 0 Å². The van der Waals surface area contributed by atoms with Crippen molar-refractivity contribution in [3.63, 3.8) is 0 Å². The Hall–Kier alpha value is -1.50. The van der Waals surface area contributed by atoms with Gasteiger partial charge in [0.05, 0.1) is 18.8 Å². The van der Waals surface area contributed by atoms with Crippen LogP contribution in [-0.2, 0) is 9.53 Å². The number of ether oxygens (including phenoxy) is 1. The molecule has 3 N–H and O–H groups in total. The molecule has 1 fully saturated rings. The lowest BCUT2D eigenvalue weighted by atomic mass is 10.2. The van der Waals surface area contributed by atoms with Crippen LogP contribution in [0.1, 0.15) is 6.92 Å². The van der Waals surface area contributed by atoms with Crippen LogP contribution in [0.5, 0.6) is 0 Å². The van der Waals surface area contributed by atoms with Gasteiger partial charge in [0, 0.05) is 25.3 Å². The standard InChI is InChI=1S/C14H20FN3O2/c1-10-7-18(8-13(6-16)20-10)9-14(19)17-12-4-2-11(15)3-5-12/h2-5,10,13H,6-9,16H2,1H3,(H,17,19). The quantitative estimate of drug-likeness (QED) is 0.857. The summed E-state index contributed by atoms with van der Waals surface area (Å²) in [5, 5.41) is 2.74. The highest BCUT2D eigenvalue weighted by Gasteiger charge is 2.25. The smallest absolute Gasteiger partial charge is 0.238 e.